The molecule has 3 nitrogen and oxygen atoms in total. The Balaban J connectivity index is 1.70. The molecule has 3 heteroatoms. The first kappa shape index (κ1) is 13.9. The van der Waals surface area contributed by atoms with Crippen molar-refractivity contribution in [1.29, 1.82) is 0 Å². The highest BCUT2D eigenvalue weighted by molar-refractivity contribution is 6.16. The molecule has 23 heavy (non-hydrogen) atoms. The molecule has 1 aliphatic heterocycles. The summed E-state index contributed by atoms with van der Waals surface area (Å²) in [7, 11) is 0. The van der Waals surface area contributed by atoms with Crippen molar-refractivity contribution in [2.75, 3.05) is 5.32 Å². The normalized spacial score (nSPS) is 19.7. The fourth-order valence-corrected chi connectivity index (χ4v) is 3.35. The van der Waals surface area contributed by atoms with E-state index >= 15 is 0 Å². The number of anilines is 1. The van der Waals surface area contributed by atoms with E-state index in [0.29, 0.717) is 6.42 Å². The fraction of sp³-hybridized carbons (Fsp3) is 0.200. The molecule has 2 aromatic carbocycles. The van der Waals surface area contributed by atoms with E-state index in [9.17, 15) is 4.79 Å². The summed E-state index contributed by atoms with van der Waals surface area (Å²) in [5, 5.41) is 3.44. The van der Waals surface area contributed by atoms with E-state index in [1.54, 1.807) is 6.21 Å². The number of aryl methyl sites for hydroxylation is 1. The predicted octanol–water partition coefficient (Wildman–Crippen LogP) is 4.52. The summed E-state index contributed by atoms with van der Waals surface area (Å²) in [6.07, 6.45) is 3.11. The third kappa shape index (κ3) is 2.59. The van der Waals surface area contributed by atoms with Crippen LogP contribution in [0.15, 0.2) is 64.8 Å². The second-order valence-corrected chi connectivity index (χ2v) is 6.24. The van der Waals surface area contributed by atoms with Gasteiger partial charge in [-0.1, -0.05) is 42.0 Å². The summed E-state index contributed by atoms with van der Waals surface area (Å²) in [5.41, 5.74) is 6.02. The van der Waals surface area contributed by atoms with Gasteiger partial charge in [0.1, 0.15) is 0 Å². The molecule has 1 N–H and O–H groups in total. The number of fused-ring (bicyclic) bond motifs is 1. The molecule has 0 bridgehead atoms. The molecular formula is C20H18N2O. The van der Waals surface area contributed by atoms with Crippen molar-refractivity contribution < 1.29 is 4.79 Å². The lowest BCUT2D eigenvalue weighted by molar-refractivity contribution is -0.115. The number of Topliss-reactive ketones (excluding diaryl/α,β-unsaturated/α-hetero) is 1. The lowest BCUT2D eigenvalue weighted by Crippen LogP contribution is -2.22. The predicted molar refractivity (Wildman–Crippen MR) is 93.4 cm³/mol. The van der Waals surface area contributed by atoms with Gasteiger partial charge in [0.05, 0.1) is 16.9 Å². The van der Waals surface area contributed by atoms with Crippen LogP contribution in [0.3, 0.4) is 0 Å². The number of allylic oxidation sites excluding steroid dienone is 2. The molecule has 0 amide bonds. The van der Waals surface area contributed by atoms with E-state index in [-0.39, 0.29) is 11.7 Å². The Bertz CT molecular complexity index is 848. The Morgan fingerprint density at radius 1 is 1.09 bits per heavy atom. The maximum atomic E-state index is 12.6. The standard InChI is InChI=1S/C20H18N2O/c1-13-5-4-6-14(9-13)15-10-19-16(20(23)11-15)12-21-17-7-2-3-8-18(17)22-19/h2-9,12,15,22H,10-11H2,1H3. The largest absolute Gasteiger partial charge is 0.356 e. The summed E-state index contributed by atoms with van der Waals surface area (Å²) in [6.45, 7) is 2.09. The smallest absolute Gasteiger partial charge is 0.166 e. The van der Waals surface area contributed by atoms with Crippen LogP contribution in [0.5, 0.6) is 0 Å². The number of para-hydroxylation sites is 2. The van der Waals surface area contributed by atoms with Crippen LogP contribution in [-0.2, 0) is 4.79 Å². The molecule has 0 saturated carbocycles. The van der Waals surface area contributed by atoms with Crippen LogP contribution in [0, 0.1) is 6.92 Å². The van der Waals surface area contributed by atoms with Crippen molar-refractivity contribution in [2.45, 2.75) is 25.7 Å². The Morgan fingerprint density at radius 2 is 1.96 bits per heavy atom. The van der Waals surface area contributed by atoms with Crippen LogP contribution >= 0.6 is 0 Å². The van der Waals surface area contributed by atoms with Gasteiger partial charge in [0, 0.05) is 18.3 Å². The Labute approximate surface area is 135 Å². The van der Waals surface area contributed by atoms with Crippen molar-refractivity contribution in [2.24, 2.45) is 4.99 Å². The minimum atomic E-state index is 0.168. The number of carbonyl (C=O) groups excluding carboxylic acids is 1. The van der Waals surface area contributed by atoms with Crippen LogP contribution in [0.2, 0.25) is 0 Å². The average molecular weight is 302 g/mol. The number of benzene rings is 2. The summed E-state index contributed by atoms with van der Waals surface area (Å²) < 4.78 is 0. The van der Waals surface area contributed by atoms with Gasteiger partial charge in [-0.2, -0.15) is 0 Å². The zero-order valence-electron chi connectivity index (χ0n) is 13.0. The van der Waals surface area contributed by atoms with Gasteiger partial charge in [0.2, 0.25) is 0 Å². The first-order valence-electron chi connectivity index (χ1n) is 7.94. The maximum absolute atomic E-state index is 12.6. The average Bonchev–Trinajstić information content (AvgIpc) is 2.74. The van der Waals surface area contributed by atoms with Gasteiger partial charge >= 0.3 is 0 Å². The third-order valence-corrected chi connectivity index (χ3v) is 4.54. The number of nitrogens with zero attached hydrogens (tertiary/aromatic N) is 1. The zero-order valence-corrected chi connectivity index (χ0v) is 13.0. The first-order valence-corrected chi connectivity index (χ1v) is 7.94. The van der Waals surface area contributed by atoms with Crippen molar-refractivity contribution in [3.8, 4) is 0 Å². The van der Waals surface area contributed by atoms with Crippen LogP contribution in [0.1, 0.15) is 29.9 Å². The van der Waals surface area contributed by atoms with Crippen molar-refractivity contribution in [3.63, 3.8) is 0 Å². The first-order chi connectivity index (χ1) is 11.2. The monoisotopic (exact) mass is 302 g/mol. The Morgan fingerprint density at radius 3 is 2.83 bits per heavy atom. The van der Waals surface area contributed by atoms with Gasteiger partial charge in [0.25, 0.3) is 0 Å². The topological polar surface area (TPSA) is 41.5 Å². The summed E-state index contributed by atoms with van der Waals surface area (Å²) in [4.78, 5) is 17.1. The van der Waals surface area contributed by atoms with Crippen LogP contribution in [0.4, 0.5) is 11.4 Å². The van der Waals surface area contributed by atoms with Crippen LogP contribution < -0.4 is 5.32 Å². The van der Waals surface area contributed by atoms with Gasteiger partial charge in [-0.3, -0.25) is 9.79 Å². The van der Waals surface area contributed by atoms with Crippen molar-refractivity contribution in [1.82, 2.24) is 0 Å². The lowest BCUT2D eigenvalue weighted by atomic mass is 9.81. The third-order valence-electron chi connectivity index (χ3n) is 4.54. The SMILES string of the molecule is Cc1cccc(C2CC(=O)C3=C(C2)Nc2ccccc2N=C3)c1. The summed E-state index contributed by atoms with van der Waals surface area (Å²) in [5.74, 6) is 0.397. The van der Waals surface area contributed by atoms with Crippen molar-refractivity contribution in [3.05, 3.63) is 70.9 Å². The number of carbonyl (C=O) groups is 1. The highest BCUT2D eigenvalue weighted by Gasteiger charge is 2.29. The van der Waals surface area contributed by atoms with E-state index < -0.39 is 0 Å². The second kappa shape index (κ2) is 5.51. The molecule has 0 radical (unpaired) electrons. The number of rotatable bonds is 1. The summed E-state index contributed by atoms with van der Waals surface area (Å²) >= 11 is 0. The van der Waals surface area contributed by atoms with Crippen LogP contribution in [-0.4, -0.2) is 12.0 Å². The van der Waals surface area contributed by atoms with Gasteiger partial charge in [-0.15, -0.1) is 0 Å². The molecule has 114 valence electrons. The molecule has 4 rings (SSSR count). The minimum absolute atomic E-state index is 0.168. The van der Waals surface area contributed by atoms with E-state index in [0.717, 1.165) is 29.1 Å². The van der Waals surface area contributed by atoms with Gasteiger partial charge in [-0.05, 0) is 37.0 Å². The van der Waals surface area contributed by atoms with E-state index in [1.165, 1.54) is 11.1 Å². The van der Waals surface area contributed by atoms with Gasteiger partial charge in [0.15, 0.2) is 5.78 Å². The highest BCUT2D eigenvalue weighted by Crippen LogP contribution is 2.38. The van der Waals surface area contributed by atoms with Gasteiger partial charge in [-0.25, -0.2) is 0 Å². The molecule has 1 heterocycles. The number of ketones is 1. The molecule has 2 aromatic rings. The molecular weight excluding hydrogens is 284 g/mol. The molecule has 0 spiro atoms. The summed E-state index contributed by atoms with van der Waals surface area (Å²) in [6, 6.07) is 16.4. The number of aliphatic imine (C=N–C) groups is 1. The highest BCUT2D eigenvalue weighted by atomic mass is 16.1. The van der Waals surface area contributed by atoms with E-state index in [1.807, 2.05) is 24.3 Å². The Kier molecular flexibility index (Phi) is 3.34. The quantitative estimate of drug-likeness (QED) is 0.841. The van der Waals surface area contributed by atoms with Gasteiger partial charge < -0.3 is 5.32 Å². The molecule has 0 fully saturated rings. The second-order valence-electron chi connectivity index (χ2n) is 6.24. The molecule has 1 unspecified atom stereocenters. The molecule has 1 atom stereocenters. The Hall–Kier alpha value is -2.68. The molecule has 0 saturated heterocycles. The molecule has 1 aliphatic carbocycles. The van der Waals surface area contributed by atoms with Crippen molar-refractivity contribution >= 4 is 23.4 Å². The lowest BCUT2D eigenvalue weighted by Gasteiger charge is -2.25. The van der Waals surface area contributed by atoms with E-state index in [2.05, 4.69) is 41.5 Å². The zero-order chi connectivity index (χ0) is 15.8. The van der Waals surface area contributed by atoms with E-state index in [4.69, 9.17) is 0 Å². The molecule has 2 aliphatic rings. The minimum Gasteiger partial charge on any atom is -0.356 e. The maximum Gasteiger partial charge on any atom is 0.166 e. The molecule has 0 aromatic heterocycles. The van der Waals surface area contributed by atoms with Crippen LogP contribution in [0.25, 0.3) is 0 Å². The number of nitrogens with one attached hydrogen (secondary N) is 1. The fourth-order valence-electron chi connectivity index (χ4n) is 3.35. The number of hydrogen-bond acceptors (Lipinski definition) is 3. The number of hydrogen-bond donors (Lipinski definition) is 1.